The number of ether oxygens (including phenoxy) is 2. The Kier molecular flexibility index (Phi) is 2.94. The number of Topliss-reactive ketones (excluding diaryl/α,β-unsaturated/α-hetero) is 1. The van der Waals surface area contributed by atoms with Crippen LogP contribution in [0.3, 0.4) is 0 Å². The minimum atomic E-state index is -4.65. The Morgan fingerprint density at radius 3 is 2.61 bits per heavy atom. The standard InChI is InChI=1S/C11H10F3NO3/c1-5(15)9(16)8-6(11(12,13)14)2-3-7-10(8)18-4-17-7/h2-3,5H,4,15H2,1H3. The number of alkyl halides is 3. The molecular formula is C11H10F3NO3. The van der Waals surface area contributed by atoms with Crippen molar-refractivity contribution < 1.29 is 27.4 Å². The molecule has 0 fully saturated rings. The molecule has 1 heterocycles. The van der Waals surface area contributed by atoms with Crippen LogP contribution in [0.15, 0.2) is 12.1 Å². The van der Waals surface area contributed by atoms with Crippen LogP contribution in [0, 0.1) is 0 Å². The molecule has 1 aliphatic heterocycles. The second kappa shape index (κ2) is 4.16. The van der Waals surface area contributed by atoms with E-state index in [0.29, 0.717) is 0 Å². The first-order chi connectivity index (χ1) is 8.32. The summed E-state index contributed by atoms with van der Waals surface area (Å²) in [5, 5.41) is 0. The number of benzene rings is 1. The van der Waals surface area contributed by atoms with E-state index in [9.17, 15) is 18.0 Å². The van der Waals surface area contributed by atoms with Gasteiger partial charge in [-0.05, 0) is 19.1 Å². The number of carbonyl (C=O) groups excluding carboxylic acids is 1. The van der Waals surface area contributed by atoms with Gasteiger partial charge in [-0.1, -0.05) is 0 Å². The Labute approximate surface area is 100 Å². The van der Waals surface area contributed by atoms with Crippen LogP contribution in [0.1, 0.15) is 22.8 Å². The molecule has 0 aromatic heterocycles. The zero-order chi connectivity index (χ0) is 13.5. The molecule has 98 valence electrons. The highest BCUT2D eigenvalue weighted by Crippen LogP contribution is 2.43. The lowest BCUT2D eigenvalue weighted by molar-refractivity contribution is -0.138. The van der Waals surface area contributed by atoms with Crippen LogP contribution in [0.4, 0.5) is 13.2 Å². The summed E-state index contributed by atoms with van der Waals surface area (Å²) in [4.78, 5) is 11.8. The molecular weight excluding hydrogens is 251 g/mol. The highest BCUT2D eigenvalue weighted by molar-refractivity contribution is 6.04. The van der Waals surface area contributed by atoms with Crippen molar-refractivity contribution >= 4 is 5.78 Å². The van der Waals surface area contributed by atoms with Gasteiger partial charge in [0.15, 0.2) is 17.3 Å². The Balaban J connectivity index is 2.66. The lowest BCUT2D eigenvalue weighted by Crippen LogP contribution is -2.29. The molecule has 1 atom stereocenters. The van der Waals surface area contributed by atoms with Crippen LogP contribution >= 0.6 is 0 Å². The Hall–Kier alpha value is -1.76. The van der Waals surface area contributed by atoms with E-state index in [4.69, 9.17) is 15.2 Å². The molecule has 0 bridgehead atoms. The molecule has 4 nitrogen and oxygen atoms in total. The van der Waals surface area contributed by atoms with Crippen molar-refractivity contribution in [2.24, 2.45) is 5.73 Å². The van der Waals surface area contributed by atoms with E-state index in [1.165, 1.54) is 6.92 Å². The maximum absolute atomic E-state index is 12.9. The lowest BCUT2D eigenvalue weighted by atomic mass is 9.98. The van der Waals surface area contributed by atoms with Gasteiger partial charge in [-0.2, -0.15) is 13.2 Å². The van der Waals surface area contributed by atoms with E-state index >= 15 is 0 Å². The van der Waals surface area contributed by atoms with Gasteiger partial charge in [-0.25, -0.2) is 0 Å². The molecule has 1 aromatic rings. The summed E-state index contributed by atoms with van der Waals surface area (Å²) in [6.45, 7) is 1.10. The van der Waals surface area contributed by atoms with Crippen molar-refractivity contribution in [2.75, 3.05) is 6.79 Å². The van der Waals surface area contributed by atoms with Gasteiger partial charge in [0.1, 0.15) is 0 Å². The van der Waals surface area contributed by atoms with Gasteiger partial charge in [0, 0.05) is 0 Å². The van der Waals surface area contributed by atoms with Crippen LogP contribution in [0.5, 0.6) is 11.5 Å². The molecule has 0 radical (unpaired) electrons. The number of hydrogen-bond acceptors (Lipinski definition) is 4. The Morgan fingerprint density at radius 2 is 2.06 bits per heavy atom. The van der Waals surface area contributed by atoms with E-state index in [-0.39, 0.29) is 18.3 Å². The second-order valence-corrected chi connectivity index (χ2v) is 3.87. The van der Waals surface area contributed by atoms with Crippen LogP contribution in [0.25, 0.3) is 0 Å². The summed E-state index contributed by atoms with van der Waals surface area (Å²) in [6, 6.07) is 0.869. The number of carbonyl (C=O) groups is 1. The van der Waals surface area contributed by atoms with Crippen LogP contribution in [-0.2, 0) is 6.18 Å². The first-order valence-corrected chi connectivity index (χ1v) is 5.12. The predicted molar refractivity (Wildman–Crippen MR) is 55.5 cm³/mol. The SMILES string of the molecule is CC(N)C(=O)c1c(C(F)(F)F)ccc2c1OCO2. The van der Waals surface area contributed by atoms with Gasteiger partial charge in [-0.15, -0.1) is 0 Å². The number of rotatable bonds is 2. The third kappa shape index (κ3) is 2.01. The number of fused-ring (bicyclic) bond motifs is 1. The quantitative estimate of drug-likeness (QED) is 0.827. The van der Waals surface area contributed by atoms with Crippen molar-refractivity contribution in [3.8, 4) is 11.5 Å². The van der Waals surface area contributed by atoms with E-state index in [2.05, 4.69) is 0 Å². The fourth-order valence-corrected chi connectivity index (χ4v) is 1.68. The number of hydrogen-bond donors (Lipinski definition) is 1. The van der Waals surface area contributed by atoms with Crippen molar-refractivity contribution in [3.63, 3.8) is 0 Å². The minimum Gasteiger partial charge on any atom is -0.454 e. The highest BCUT2D eigenvalue weighted by atomic mass is 19.4. The second-order valence-electron chi connectivity index (χ2n) is 3.87. The van der Waals surface area contributed by atoms with Gasteiger partial charge in [0.25, 0.3) is 0 Å². The normalized spacial score (nSPS) is 15.6. The number of nitrogens with two attached hydrogens (primary N) is 1. The molecule has 0 spiro atoms. The van der Waals surface area contributed by atoms with Gasteiger partial charge >= 0.3 is 6.18 Å². The molecule has 0 aliphatic carbocycles. The predicted octanol–water partition coefficient (Wildman–Crippen LogP) is 1.96. The van der Waals surface area contributed by atoms with Crippen LogP contribution in [0.2, 0.25) is 0 Å². The molecule has 0 saturated heterocycles. The smallest absolute Gasteiger partial charge is 0.417 e. The van der Waals surface area contributed by atoms with Gasteiger partial charge in [0.05, 0.1) is 17.2 Å². The molecule has 7 heteroatoms. The monoisotopic (exact) mass is 261 g/mol. The van der Waals surface area contributed by atoms with E-state index in [1.54, 1.807) is 0 Å². The van der Waals surface area contributed by atoms with Gasteiger partial charge in [0.2, 0.25) is 6.79 Å². The molecule has 0 saturated carbocycles. The van der Waals surface area contributed by atoms with Crippen molar-refractivity contribution in [3.05, 3.63) is 23.3 Å². The average Bonchev–Trinajstić information content (AvgIpc) is 2.72. The Morgan fingerprint density at radius 1 is 1.39 bits per heavy atom. The van der Waals surface area contributed by atoms with E-state index < -0.39 is 29.1 Å². The van der Waals surface area contributed by atoms with Gasteiger partial charge < -0.3 is 15.2 Å². The topological polar surface area (TPSA) is 61.6 Å². The lowest BCUT2D eigenvalue weighted by Gasteiger charge is -2.15. The first kappa shape index (κ1) is 12.7. The van der Waals surface area contributed by atoms with E-state index in [1.807, 2.05) is 0 Å². The summed E-state index contributed by atoms with van der Waals surface area (Å²) in [5.74, 6) is -0.899. The summed E-state index contributed by atoms with van der Waals surface area (Å²) in [5.41, 5.74) is 3.74. The third-order valence-corrected chi connectivity index (χ3v) is 2.50. The molecule has 2 rings (SSSR count). The maximum Gasteiger partial charge on any atom is 0.417 e. The number of ketones is 1. The summed E-state index contributed by atoms with van der Waals surface area (Å²) in [6.07, 6.45) is -4.65. The average molecular weight is 261 g/mol. The molecule has 0 amide bonds. The molecule has 1 unspecified atom stereocenters. The highest BCUT2D eigenvalue weighted by Gasteiger charge is 2.39. The fraction of sp³-hybridized carbons (Fsp3) is 0.364. The van der Waals surface area contributed by atoms with E-state index in [0.717, 1.165) is 12.1 Å². The van der Waals surface area contributed by atoms with Crippen LogP contribution < -0.4 is 15.2 Å². The van der Waals surface area contributed by atoms with Gasteiger partial charge in [-0.3, -0.25) is 4.79 Å². The molecule has 2 N–H and O–H groups in total. The van der Waals surface area contributed by atoms with Crippen molar-refractivity contribution in [1.82, 2.24) is 0 Å². The zero-order valence-electron chi connectivity index (χ0n) is 9.38. The summed E-state index contributed by atoms with van der Waals surface area (Å²) < 4.78 is 48.4. The summed E-state index contributed by atoms with van der Waals surface area (Å²) in [7, 11) is 0. The molecule has 1 aromatic carbocycles. The van der Waals surface area contributed by atoms with Crippen molar-refractivity contribution in [1.29, 1.82) is 0 Å². The third-order valence-electron chi connectivity index (χ3n) is 2.50. The van der Waals surface area contributed by atoms with Crippen LogP contribution in [-0.4, -0.2) is 18.6 Å². The largest absolute Gasteiger partial charge is 0.454 e. The maximum atomic E-state index is 12.9. The van der Waals surface area contributed by atoms with Crippen molar-refractivity contribution in [2.45, 2.75) is 19.1 Å². The summed E-state index contributed by atoms with van der Waals surface area (Å²) >= 11 is 0. The molecule has 18 heavy (non-hydrogen) atoms. The molecule has 1 aliphatic rings. The Bertz CT molecular complexity index is 497. The number of halogens is 3. The first-order valence-electron chi connectivity index (χ1n) is 5.12. The zero-order valence-corrected chi connectivity index (χ0v) is 9.38. The fourth-order valence-electron chi connectivity index (χ4n) is 1.68. The minimum absolute atomic E-state index is 0.118.